The van der Waals surface area contributed by atoms with E-state index in [2.05, 4.69) is 39.0 Å². The van der Waals surface area contributed by atoms with E-state index in [1.165, 1.54) is 10.3 Å². The molecule has 2 aromatic carbocycles. The van der Waals surface area contributed by atoms with Crippen LogP contribution < -0.4 is 0 Å². The molecular formula is C20H19BrN2O2S. The monoisotopic (exact) mass is 430 g/mol. The molecule has 1 aliphatic heterocycles. The molecule has 1 aromatic heterocycles. The average molecular weight is 431 g/mol. The number of carbonyl (C=O) groups is 1. The number of aliphatic carboxylic acids is 1. The van der Waals surface area contributed by atoms with Crippen molar-refractivity contribution in [3.8, 4) is 0 Å². The van der Waals surface area contributed by atoms with E-state index in [9.17, 15) is 9.90 Å². The molecule has 0 saturated carbocycles. The fraction of sp³-hybridized carbons (Fsp3) is 0.300. The van der Waals surface area contributed by atoms with Gasteiger partial charge in [-0.05, 0) is 49.7 Å². The molecule has 1 unspecified atom stereocenters. The van der Waals surface area contributed by atoms with Crippen LogP contribution in [0.15, 0.2) is 53.0 Å². The molecule has 1 N–H and O–H groups in total. The Bertz CT molecular complexity index is 901. The summed E-state index contributed by atoms with van der Waals surface area (Å²) in [5.74, 6) is -0.913. The van der Waals surface area contributed by atoms with E-state index in [1.807, 2.05) is 30.3 Å². The quantitative estimate of drug-likeness (QED) is 0.636. The second-order valence-corrected chi connectivity index (χ2v) is 8.51. The highest BCUT2D eigenvalue weighted by Gasteiger charge is 2.32. The lowest BCUT2D eigenvalue weighted by Gasteiger charge is -2.36. The Labute approximate surface area is 164 Å². The van der Waals surface area contributed by atoms with Crippen LogP contribution in [0.3, 0.4) is 0 Å². The Morgan fingerprint density at radius 1 is 1.15 bits per heavy atom. The van der Waals surface area contributed by atoms with Crippen LogP contribution in [0.4, 0.5) is 0 Å². The number of benzene rings is 2. The largest absolute Gasteiger partial charge is 0.481 e. The number of rotatable bonds is 4. The standard InChI is InChI=1S/C20H19BrN2O2S/c21-15-6-2-1-5-14(15)18(23-11-9-13(10-12-23)20(24)25)19-22-16-7-3-4-8-17(16)26-19/h1-8,13,18H,9-12H2,(H,24,25). The first-order chi connectivity index (χ1) is 12.6. The minimum Gasteiger partial charge on any atom is -0.481 e. The predicted molar refractivity (Wildman–Crippen MR) is 108 cm³/mol. The molecule has 1 aliphatic rings. The molecule has 26 heavy (non-hydrogen) atoms. The first-order valence-corrected chi connectivity index (χ1v) is 10.3. The van der Waals surface area contributed by atoms with E-state index in [1.54, 1.807) is 11.3 Å². The fourth-order valence-electron chi connectivity index (χ4n) is 3.59. The Kier molecular flexibility index (Phi) is 5.07. The highest BCUT2D eigenvalue weighted by atomic mass is 79.9. The summed E-state index contributed by atoms with van der Waals surface area (Å²) in [6.07, 6.45) is 1.36. The van der Waals surface area contributed by atoms with E-state index in [-0.39, 0.29) is 12.0 Å². The van der Waals surface area contributed by atoms with Gasteiger partial charge in [-0.15, -0.1) is 11.3 Å². The van der Waals surface area contributed by atoms with Gasteiger partial charge in [0.2, 0.25) is 0 Å². The molecular weight excluding hydrogens is 412 g/mol. The number of carboxylic acids is 1. The van der Waals surface area contributed by atoms with Gasteiger partial charge in [-0.25, -0.2) is 4.98 Å². The summed E-state index contributed by atoms with van der Waals surface area (Å²) in [4.78, 5) is 18.6. The zero-order chi connectivity index (χ0) is 18.1. The first kappa shape index (κ1) is 17.6. The van der Waals surface area contributed by atoms with Crippen molar-refractivity contribution in [1.29, 1.82) is 0 Å². The summed E-state index contributed by atoms with van der Waals surface area (Å²) in [5, 5.41) is 10.4. The van der Waals surface area contributed by atoms with Crippen molar-refractivity contribution in [2.75, 3.05) is 13.1 Å². The lowest BCUT2D eigenvalue weighted by atomic mass is 9.94. The number of hydrogen-bond donors (Lipinski definition) is 1. The molecule has 2 heterocycles. The maximum Gasteiger partial charge on any atom is 0.306 e. The molecule has 1 fully saturated rings. The lowest BCUT2D eigenvalue weighted by Crippen LogP contribution is -2.39. The van der Waals surface area contributed by atoms with E-state index >= 15 is 0 Å². The number of aromatic nitrogens is 1. The SMILES string of the molecule is O=C(O)C1CCN(C(c2nc3ccccc3s2)c2ccccc2Br)CC1. The summed E-state index contributed by atoms with van der Waals surface area (Å²) in [7, 11) is 0. The van der Waals surface area contributed by atoms with E-state index < -0.39 is 5.97 Å². The minimum absolute atomic E-state index is 0.0396. The summed E-state index contributed by atoms with van der Waals surface area (Å²) < 4.78 is 2.24. The smallest absolute Gasteiger partial charge is 0.306 e. The van der Waals surface area contributed by atoms with Gasteiger partial charge in [0.25, 0.3) is 0 Å². The molecule has 0 spiro atoms. The van der Waals surface area contributed by atoms with Crippen LogP contribution in [0.2, 0.25) is 0 Å². The van der Waals surface area contributed by atoms with Gasteiger partial charge in [-0.1, -0.05) is 46.3 Å². The van der Waals surface area contributed by atoms with Crippen molar-refractivity contribution in [3.63, 3.8) is 0 Å². The topological polar surface area (TPSA) is 53.4 Å². The zero-order valence-electron chi connectivity index (χ0n) is 14.1. The number of para-hydroxylation sites is 1. The van der Waals surface area contributed by atoms with Gasteiger partial charge >= 0.3 is 5.97 Å². The van der Waals surface area contributed by atoms with E-state index in [0.29, 0.717) is 12.8 Å². The van der Waals surface area contributed by atoms with E-state index in [0.717, 1.165) is 28.1 Å². The number of likely N-dealkylation sites (tertiary alicyclic amines) is 1. The van der Waals surface area contributed by atoms with Crippen molar-refractivity contribution in [2.24, 2.45) is 5.92 Å². The second kappa shape index (κ2) is 7.47. The third-order valence-electron chi connectivity index (χ3n) is 4.99. The highest BCUT2D eigenvalue weighted by molar-refractivity contribution is 9.10. The molecule has 0 radical (unpaired) electrons. The maximum absolute atomic E-state index is 11.3. The molecule has 1 atom stereocenters. The molecule has 3 aromatic rings. The Morgan fingerprint density at radius 3 is 2.54 bits per heavy atom. The number of halogens is 1. The lowest BCUT2D eigenvalue weighted by molar-refractivity contribution is -0.143. The minimum atomic E-state index is -0.679. The van der Waals surface area contributed by atoms with Crippen molar-refractivity contribution < 1.29 is 9.90 Å². The van der Waals surface area contributed by atoms with Crippen molar-refractivity contribution in [2.45, 2.75) is 18.9 Å². The number of nitrogens with zero attached hydrogens (tertiary/aromatic N) is 2. The summed E-state index contributed by atoms with van der Waals surface area (Å²) in [5.41, 5.74) is 2.20. The Hall–Kier alpha value is -1.76. The Balaban J connectivity index is 1.73. The van der Waals surface area contributed by atoms with Gasteiger partial charge in [-0.3, -0.25) is 9.69 Å². The second-order valence-electron chi connectivity index (χ2n) is 6.59. The molecule has 0 bridgehead atoms. The number of carboxylic acid groups (broad SMARTS) is 1. The van der Waals surface area contributed by atoms with Crippen LogP contribution in [-0.4, -0.2) is 34.0 Å². The van der Waals surface area contributed by atoms with Crippen molar-refractivity contribution in [1.82, 2.24) is 9.88 Å². The first-order valence-electron chi connectivity index (χ1n) is 8.70. The summed E-state index contributed by atoms with van der Waals surface area (Å²) in [6, 6.07) is 16.5. The highest BCUT2D eigenvalue weighted by Crippen LogP contribution is 2.39. The van der Waals surface area contributed by atoms with Crippen molar-refractivity contribution >= 4 is 43.5 Å². The van der Waals surface area contributed by atoms with Gasteiger partial charge in [0, 0.05) is 4.47 Å². The summed E-state index contributed by atoms with van der Waals surface area (Å²) in [6.45, 7) is 1.53. The number of hydrogen-bond acceptors (Lipinski definition) is 4. The number of thiazole rings is 1. The maximum atomic E-state index is 11.3. The fourth-order valence-corrected chi connectivity index (χ4v) is 5.22. The van der Waals surface area contributed by atoms with Gasteiger partial charge in [0.05, 0.1) is 22.2 Å². The summed E-state index contributed by atoms with van der Waals surface area (Å²) >= 11 is 5.42. The third-order valence-corrected chi connectivity index (χ3v) is 6.80. The molecule has 4 rings (SSSR count). The third kappa shape index (κ3) is 3.41. The van der Waals surface area contributed by atoms with Crippen LogP contribution in [0.5, 0.6) is 0 Å². The molecule has 0 amide bonds. The zero-order valence-corrected chi connectivity index (χ0v) is 16.5. The normalized spacial score (nSPS) is 17.4. The number of fused-ring (bicyclic) bond motifs is 1. The molecule has 4 nitrogen and oxygen atoms in total. The van der Waals surface area contributed by atoms with Gasteiger partial charge in [-0.2, -0.15) is 0 Å². The molecule has 0 aliphatic carbocycles. The van der Waals surface area contributed by atoms with Gasteiger partial charge in [0.1, 0.15) is 5.01 Å². The van der Waals surface area contributed by atoms with Gasteiger partial charge < -0.3 is 5.11 Å². The van der Waals surface area contributed by atoms with Gasteiger partial charge in [0.15, 0.2) is 0 Å². The van der Waals surface area contributed by atoms with Crippen molar-refractivity contribution in [3.05, 3.63) is 63.6 Å². The number of piperidine rings is 1. The molecule has 6 heteroatoms. The Morgan fingerprint density at radius 2 is 1.85 bits per heavy atom. The average Bonchev–Trinajstić information content (AvgIpc) is 3.07. The van der Waals surface area contributed by atoms with Crippen LogP contribution in [0.1, 0.15) is 29.5 Å². The van der Waals surface area contributed by atoms with Crippen LogP contribution in [0, 0.1) is 5.92 Å². The van der Waals surface area contributed by atoms with Crippen LogP contribution >= 0.6 is 27.3 Å². The molecule has 134 valence electrons. The molecule has 1 saturated heterocycles. The van der Waals surface area contributed by atoms with Crippen LogP contribution in [-0.2, 0) is 4.79 Å². The van der Waals surface area contributed by atoms with E-state index in [4.69, 9.17) is 4.98 Å². The van der Waals surface area contributed by atoms with Crippen LogP contribution in [0.25, 0.3) is 10.2 Å². The predicted octanol–water partition coefficient (Wildman–Crippen LogP) is 4.94.